The molecule has 2 aromatic rings. The third kappa shape index (κ3) is 4.22. The van der Waals surface area contributed by atoms with E-state index in [1.54, 1.807) is 0 Å². The zero-order valence-electron chi connectivity index (χ0n) is 18.8. The molecular formula is C25H31F2N3O. The van der Waals surface area contributed by atoms with Crippen LogP contribution in [-0.2, 0) is 16.8 Å². The summed E-state index contributed by atoms with van der Waals surface area (Å²) in [5.41, 5.74) is 2.87. The first-order chi connectivity index (χ1) is 14.7. The molecule has 1 aromatic carbocycles. The lowest BCUT2D eigenvalue weighted by Gasteiger charge is -2.35. The van der Waals surface area contributed by atoms with Gasteiger partial charge in [0.15, 0.2) is 0 Å². The van der Waals surface area contributed by atoms with E-state index >= 15 is 0 Å². The summed E-state index contributed by atoms with van der Waals surface area (Å²) in [4.78, 5) is 22.0. The second kappa shape index (κ2) is 8.30. The molecule has 0 radical (unpaired) electrons. The zero-order chi connectivity index (χ0) is 22.3. The Morgan fingerprint density at radius 1 is 1.13 bits per heavy atom. The Labute approximate surface area is 183 Å². The lowest BCUT2D eigenvalue weighted by Crippen LogP contribution is -2.42. The van der Waals surface area contributed by atoms with Gasteiger partial charge in [0.05, 0.1) is 11.4 Å². The van der Waals surface area contributed by atoms with E-state index < -0.39 is 11.6 Å². The predicted octanol–water partition coefficient (Wildman–Crippen LogP) is 4.98. The summed E-state index contributed by atoms with van der Waals surface area (Å²) in [7, 11) is 1.91. The lowest BCUT2D eigenvalue weighted by atomic mass is 9.84. The van der Waals surface area contributed by atoms with E-state index in [4.69, 9.17) is 4.98 Å². The van der Waals surface area contributed by atoms with Crippen LogP contribution >= 0.6 is 0 Å². The van der Waals surface area contributed by atoms with E-state index in [9.17, 15) is 13.6 Å². The number of anilines is 1. The smallest absolute Gasteiger partial charge is 0.230 e. The van der Waals surface area contributed by atoms with Crippen molar-refractivity contribution in [3.8, 4) is 0 Å². The standard InChI is InChI=1S/C25H31F2N3O/c1-16-8-13-22-23(28-16)25(2,3)15-30(22)24(31)17-9-11-18(12-10-17)29(4)14-19-20(26)6-5-7-21(19)27/h5-8,13,17-18H,9-12,14-15H2,1-4H3/t17-,18-. The van der Waals surface area contributed by atoms with Crippen molar-refractivity contribution in [2.24, 2.45) is 5.92 Å². The number of hydrogen-bond acceptors (Lipinski definition) is 3. The summed E-state index contributed by atoms with van der Waals surface area (Å²) in [6, 6.07) is 8.19. The molecule has 31 heavy (non-hydrogen) atoms. The summed E-state index contributed by atoms with van der Waals surface area (Å²) in [6.45, 7) is 7.15. The second-order valence-corrected chi connectivity index (χ2v) is 9.75. The highest BCUT2D eigenvalue weighted by atomic mass is 19.1. The van der Waals surface area contributed by atoms with E-state index in [1.807, 2.05) is 35.9 Å². The van der Waals surface area contributed by atoms with Crippen molar-refractivity contribution in [2.75, 3.05) is 18.5 Å². The molecule has 1 fully saturated rings. The molecule has 1 aliphatic heterocycles. The molecule has 0 saturated heterocycles. The van der Waals surface area contributed by atoms with Gasteiger partial charge in [-0.05, 0) is 63.9 Å². The molecule has 0 atom stereocenters. The first-order valence-corrected chi connectivity index (χ1v) is 11.1. The van der Waals surface area contributed by atoms with Crippen LogP contribution in [0.5, 0.6) is 0 Å². The van der Waals surface area contributed by atoms with E-state index in [0.717, 1.165) is 42.8 Å². The van der Waals surface area contributed by atoms with Gasteiger partial charge in [-0.25, -0.2) is 8.78 Å². The maximum absolute atomic E-state index is 14.0. The molecule has 1 saturated carbocycles. The number of carbonyl (C=O) groups excluding carboxylic acids is 1. The predicted molar refractivity (Wildman–Crippen MR) is 118 cm³/mol. The average Bonchev–Trinajstić information content (AvgIpc) is 3.00. The van der Waals surface area contributed by atoms with Crippen molar-refractivity contribution in [1.82, 2.24) is 9.88 Å². The first kappa shape index (κ1) is 21.9. The van der Waals surface area contributed by atoms with Crippen LogP contribution in [0.1, 0.15) is 56.5 Å². The van der Waals surface area contributed by atoms with Gasteiger partial charge in [0.1, 0.15) is 11.6 Å². The van der Waals surface area contributed by atoms with Crippen molar-refractivity contribution in [2.45, 2.75) is 64.5 Å². The lowest BCUT2D eigenvalue weighted by molar-refractivity contribution is -0.123. The van der Waals surface area contributed by atoms with Crippen molar-refractivity contribution >= 4 is 11.6 Å². The Hall–Kier alpha value is -2.34. The summed E-state index contributed by atoms with van der Waals surface area (Å²) >= 11 is 0. The Morgan fingerprint density at radius 2 is 1.77 bits per heavy atom. The third-order valence-electron chi connectivity index (χ3n) is 6.90. The first-order valence-electron chi connectivity index (χ1n) is 11.1. The molecule has 4 rings (SSSR count). The largest absolute Gasteiger partial charge is 0.309 e. The van der Waals surface area contributed by atoms with Gasteiger partial charge in [0, 0.05) is 41.7 Å². The molecule has 1 aliphatic carbocycles. The summed E-state index contributed by atoms with van der Waals surface area (Å²) in [5.74, 6) is -0.846. The van der Waals surface area contributed by atoms with E-state index in [2.05, 4.69) is 13.8 Å². The fraction of sp³-hybridized carbons (Fsp3) is 0.520. The van der Waals surface area contributed by atoms with E-state index in [-0.39, 0.29) is 35.4 Å². The fourth-order valence-electron chi connectivity index (χ4n) is 5.06. The van der Waals surface area contributed by atoms with Crippen LogP contribution in [0.3, 0.4) is 0 Å². The quantitative estimate of drug-likeness (QED) is 0.690. The number of halogens is 2. The summed E-state index contributed by atoms with van der Waals surface area (Å²) < 4.78 is 28.0. The Bertz CT molecular complexity index is 962. The molecular weight excluding hydrogens is 396 g/mol. The number of amides is 1. The minimum absolute atomic E-state index is 0.0158. The van der Waals surface area contributed by atoms with Crippen LogP contribution in [-0.4, -0.2) is 35.4 Å². The number of benzene rings is 1. The molecule has 166 valence electrons. The molecule has 2 heterocycles. The van der Waals surface area contributed by atoms with Crippen LogP contribution in [0.2, 0.25) is 0 Å². The van der Waals surface area contributed by atoms with E-state index in [1.165, 1.54) is 18.2 Å². The number of carbonyl (C=O) groups is 1. The van der Waals surface area contributed by atoms with Gasteiger partial charge in [-0.2, -0.15) is 0 Å². The highest BCUT2D eigenvalue weighted by molar-refractivity contribution is 5.97. The summed E-state index contributed by atoms with van der Waals surface area (Å²) in [6.07, 6.45) is 3.27. The van der Waals surface area contributed by atoms with Crippen LogP contribution in [0.4, 0.5) is 14.5 Å². The minimum Gasteiger partial charge on any atom is -0.309 e. The molecule has 0 spiro atoms. The van der Waals surface area contributed by atoms with Gasteiger partial charge >= 0.3 is 0 Å². The van der Waals surface area contributed by atoms with Gasteiger partial charge in [-0.15, -0.1) is 0 Å². The van der Waals surface area contributed by atoms with Crippen molar-refractivity contribution in [3.05, 3.63) is 58.9 Å². The maximum Gasteiger partial charge on any atom is 0.230 e. The number of fused-ring (bicyclic) bond motifs is 1. The molecule has 0 N–H and O–H groups in total. The van der Waals surface area contributed by atoms with Gasteiger partial charge < -0.3 is 4.90 Å². The second-order valence-electron chi connectivity index (χ2n) is 9.75. The van der Waals surface area contributed by atoms with Crippen LogP contribution in [0.15, 0.2) is 30.3 Å². The Balaban J connectivity index is 1.40. The molecule has 1 amide bonds. The highest BCUT2D eigenvalue weighted by Crippen LogP contribution is 2.41. The number of aryl methyl sites for hydroxylation is 1. The Morgan fingerprint density at radius 3 is 2.42 bits per heavy atom. The molecule has 1 aromatic heterocycles. The monoisotopic (exact) mass is 427 g/mol. The minimum atomic E-state index is -0.505. The van der Waals surface area contributed by atoms with Crippen molar-refractivity contribution in [1.29, 1.82) is 0 Å². The molecule has 0 bridgehead atoms. The number of aromatic nitrogens is 1. The molecule has 4 nitrogen and oxygen atoms in total. The fourth-order valence-corrected chi connectivity index (χ4v) is 5.06. The SMILES string of the molecule is Cc1ccc2c(n1)C(C)(C)CN2C(=O)[C@H]1CC[C@H](N(C)Cc2c(F)cccc2F)CC1. The zero-order valence-corrected chi connectivity index (χ0v) is 18.8. The van der Waals surface area contributed by atoms with Crippen molar-refractivity contribution in [3.63, 3.8) is 0 Å². The van der Waals surface area contributed by atoms with Crippen LogP contribution < -0.4 is 4.90 Å². The van der Waals surface area contributed by atoms with Gasteiger partial charge in [-0.3, -0.25) is 14.7 Å². The summed E-state index contributed by atoms with van der Waals surface area (Å²) in [5, 5.41) is 0. The number of rotatable bonds is 4. The van der Waals surface area contributed by atoms with E-state index in [0.29, 0.717) is 6.54 Å². The highest BCUT2D eigenvalue weighted by Gasteiger charge is 2.42. The normalized spacial score (nSPS) is 22.6. The van der Waals surface area contributed by atoms with Gasteiger partial charge in [0.25, 0.3) is 0 Å². The van der Waals surface area contributed by atoms with Gasteiger partial charge in [0.2, 0.25) is 5.91 Å². The Kier molecular flexibility index (Phi) is 5.86. The molecule has 0 unspecified atom stereocenters. The van der Waals surface area contributed by atoms with Crippen LogP contribution in [0, 0.1) is 24.5 Å². The number of hydrogen-bond donors (Lipinski definition) is 0. The average molecular weight is 428 g/mol. The van der Waals surface area contributed by atoms with Crippen molar-refractivity contribution < 1.29 is 13.6 Å². The maximum atomic E-state index is 14.0. The third-order valence-corrected chi connectivity index (χ3v) is 6.90. The molecule has 6 heteroatoms. The number of pyridine rings is 1. The topological polar surface area (TPSA) is 36.4 Å². The molecule has 2 aliphatic rings. The van der Waals surface area contributed by atoms with Gasteiger partial charge in [-0.1, -0.05) is 19.9 Å². The van der Waals surface area contributed by atoms with Crippen LogP contribution in [0.25, 0.3) is 0 Å². The number of nitrogens with zero attached hydrogens (tertiary/aromatic N) is 3.